The first-order chi connectivity index (χ1) is 5.52. The number of nitro groups is 1. The fourth-order valence-corrected chi connectivity index (χ4v) is 1.26. The van der Waals surface area contributed by atoms with Crippen LogP contribution in [-0.2, 0) is 0 Å². The summed E-state index contributed by atoms with van der Waals surface area (Å²) < 4.78 is 0.471. The molecule has 4 nitrogen and oxygen atoms in total. The molecule has 2 N–H and O–H groups in total. The van der Waals surface area contributed by atoms with Crippen molar-refractivity contribution in [2.75, 3.05) is 5.73 Å². The highest BCUT2D eigenvalue weighted by atomic mass is 79.9. The number of anilines is 1. The van der Waals surface area contributed by atoms with Gasteiger partial charge in [0.15, 0.2) is 0 Å². The van der Waals surface area contributed by atoms with Crippen molar-refractivity contribution in [3.8, 4) is 0 Å². The number of rotatable bonds is 1. The van der Waals surface area contributed by atoms with E-state index in [1.165, 1.54) is 12.1 Å². The van der Waals surface area contributed by atoms with Crippen LogP contribution in [0.2, 0.25) is 5.02 Å². The Balaban J connectivity index is 3.33. The highest BCUT2D eigenvalue weighted by Crippen LogP contribution is 2.32. The fraction of sp³-hybridized carbons (Fsp3) is 0. The molecule has 12 heavy (non-hydrogen) atoms. The quantitative estimate of drug-likeness (QED) is 0.474. The Hall–Kier alpha value is -0.810. The number of benzene rings is 1. The Bertz CT molecular complexity index is 343. The first kappa shape index (κ1) is 9.28. The van der Waals surface area contributed by atoms with E-state index in [0.717, 1.165) is 0 Å². The maximum absolute atomic E-state index is 10.3. The zero-order chi connectivity index (χ0) is 9.30. The smallest absolute Gasteiger partial charge is 0.289 e. The van der Waals surface area contributed by atoms with Crippen molar-refractivity contribution in [3.05, 3.63) is 31.7 Å². The summed E-state index contributed by atoms with van der Waals surface area (Å²) in [7, 11) is 0. The van der Waals surface area contributed by atoms with Crippen LogP contribution in [0.5, 0.6) is 0 Å². The van der Waals surface area contributed by atoms with E-state index >= 15 is 0 Å². The summed E-state index contributed by atoms with van der Waals surface area (Å²) in [5.41, 5.74) is 5.66. The summed E-state index contributed by atoms with van der Waals surface area (Å²) >= 11 is 8.61. The summed E-state index contributed by atoms with van der Waals surface area (Å²) in [5, 5.41) is 10.4. The van der Waals surface area contributed by atoms with E-state index in [4.69, 9.17) is 17.3 Å². The lowest BCUT2D eigenvalue weighted by Gasteiger charge is -1.99. The van der Waals surface area contributed by atoms with Gasteiger partial charge in [-0.1, -0.05) is 11.6 Å². The highest BCUT2D eigenvalue weighted by Gasteiger charge is 2.13. The van der Waals surface area contributed by atoms with Crippen LogP contribution in [-0.4, -0.2) is 4.92 Å². The summed E-state index contributed by atoms with van der Waals surface area (Å²) in [4.78, 5) is 9.78. The molecule has 0 atom stereocenters. The third-order valence-corrected chi connectivity index (χ3v) is 2.25. The minimum absolute atomic E-state index is 0.0423. The Morgan fingerprint density at radius 1 is 1.58 bits per heavy atom. The number of halogens is 2. The average Bonchev–Trinajstić information content (AvgIpc) is 1.96. The molecular formula is C6H4BrClN2O2. The predicted octanol–water partition coefficient (Wildman–Crippen LogP) is 2.59. The lowest BCUT2D eigenvalue weighted by atomic mass is 10.3. The van der Waals surface area contributed by atoms with Gasteiger partial charge in [-0.25, -0.2) is 0 Å². The standard InChI is InChI=1S/C6H4BrClN2O2/c7-3-1-6(10(11)12)4(8)2-5(3)9/h1-2H,9H2. The number of hydrogen-bond acceptors (Lipinski definition) is 3. The van der Waals surface area contributed by atoms with E-state index in [9.17, 15) is 10.1 Å². The number of nitro benzene ring substituents is 1. The van der Waals surface area contributed by atoms with Crippen LogP contribution >= 0.6 is 27.5 Å². The molecule has 0 unspecified atom stereocenters. The van der Waals surface area contributed by atoms with Crippen LogP contribution in [0.4, 0.5) is 11.4 Å². The second kappa shape index (κ2) is 3.28. The average molecular weight is 251 g/mol. The molecule has 0 aromatic heterocycles. The van der Waals surface area contributed by atoms with Crippen LogP contribution in [0.1, 0.15) is 0 Å². The second-order valence-electron chi connectivity index (χ2n) is 2.08. The number of nitrogens with two attached hydrogens (primary N) is 1. The topological polar surface area (TPSA) is 69.2 Å². The summed E-state index contributed by atoms with van der Waals surface area (Å²) in [6.45, 7) is 0. The first-order valence-electron chi connectivity index (χ1n) is 2.91. The van der Waals surface area contributed by atoms with Crippen LogP contribution in [0.3, 0.4) is 0 Å². The fourth-order valence-electron chi connectivity index (χ4n) is 0.692. The maximum atomic E-state index is 10.3. The predicted molar refractivity (Wildman–Crippen MR) is 50.2 cm³/mol. The molecule has 0 heterocycles. The Labute approximate surface area is 81.6 Å². The largest absolute Gasteiger partial charge is 0.398 e. The SMILES string of the molecule is Nc1cc(Cl)c([N+](=O)[O-])cc1Br. The molecular weight excluding hydrogens is 247 g/mol. The molecule has 0 bridgehead atoms. The van der Waals surface area contributed by atoms with Gasteiger partial charge in [-0.2, -0.15) is 0 Å². The van der Waals surface area contributed by atoms with Crippen molar-refractivity contribution in [2.45, 2.75) is 0 Å². The molecule has 0 aliphatic rings. The van der Waals surface area contributed by atoms with E-state index in [-0.39, 0.29) is 10.7 Å². The van der Waals surface area contributed by atoms with E-state index < -0.39 is 4.92 Å². The molecule has 0 saturated carbocycles. The van der Waals surface area contributed by atoms with Gasteiger partial charge in [0.05, 0.1) is 4.92 Å². The van der Waals surface area contributed by atoms with Crippen LogP contribution in [0.15, 0.2) is 16.6 Å². The van der Waals surface area contributed by atoms with Crippen molar-refractivity contribution in [1.29, 1.82) is 0 Å². The monoisotopic (exact) mass is 250 g/mol. The molecule has 0 fully saturated rings. The molecule has 0 aliphatic heterocycles. The van der Waals surface area contributed by atoms with E-state index in [1.54, 1.807) is 0 Å². The third-order valence-electron chi connectivity index (χ3n) is 1.26. The molecule has 0 amide bonds. The minimum Gasteiger partial charge on any atom is -0.398 e. The zero-order valence-corrected chi connectivity index (χ0v) is 8.09. The van der Waals surface area contributed by atoms with E-state index in [0.29, 0.717) is 10.2 Å². The Morgan fingerprint density at radius 2 is 2.17 bits per heavy atom. The van der Waals surface area contributed by atoms with Crippen molar-refractivity contribution in [3.63, 3.8) is 0 Å². The van der Waals surface area contributed by atoms with E-state index in [2.05, 4.69) is 15.9 Å². The maximum Gasteiger partial charge on any atom is 0.289 e. The molecule has 1 aromatic rings. The summed E-state index contributed by atoms with van der Waals surface area (Å²) in [5.74, 6) is 0. The van der Waals surface area contributed by atoms with Gasteiger partial charge in [-0.3, -0.25) is 10.1 Å². The van der Waals surface area contributed by atoms with Crippen molar-refractivity contribution < 1.29 is 4.92 Å². The van der Waals surface area contributed by atoms with Crippen molar-refractivity contribution in [1.82, 2.24) is 0 Å². The molecule has 64 valence electrons. The van der Waals surface area contributed by atoms with Gasteiger partial charge in [0, 0.05) is 16.2 Å². The van der Waals surface area contributed by atoms with Gasteiger partial charge >= 0.3 is 0 Å². The van der Waals surface area contributed by atoms with Gasteiger partial charge in [0.25, 0.3) is 5.69 Å². The van der Waals surface area contributed by atoms with Crippen LogP contribution in [0.25, 0.3) is 0 Å². The number of nitrogen functional groups attached to an aromatic ring is 1. The molecule has 0 saturated heterocycles. The molecule has 1 aromatic carbocycles. The summed E-state index contributed by atoms with van der Waals surface area (Å²) in [6, 6.07) is 2.61. The van der Waals surface area contributed by atoms with Crippen LogP contribution < -0.4 is 5.73 Å². The Morgan fingerprint density at radius 3 is 2.67 bits per heavy atom. The molecule has 1 rings (SSSR count). The van der Waals surface area contributed by atoms with Crippen LogP contribution in [0, 0.1) is 10.1 Å². The summed E-state index contributed by atoms with van der Waals surface area (Å²) in [6.07, 6.45) is 0. The normalized spacial score (nSPS) is 9.83. The van der Waals surface area contributed by atoms with Gasteiger partial charge in [0.1, 0.15) is 5.02 Å². The molecule has 6 heteroatoms. The van der Waals surface area contributed by atoms with E-state index in [1.807, 2.05) is 0 Å². The second-order valence-corrected chi connectivity index (χ2v) is 3.34. The highest BCUT2D eigenvalue weighted by molar-refractivity contribution is 9.10. The number of nitrogens with zero attached hydrogens (tertiary/aromatic N) is 1. The van der Waals surface area contributed by atoms with Crippen molar-refractivity contribution >= 4 is 38.9 Å². The zero-order valence-electron chi connectivity index (χ0n) is 5.75. The Kier molecular flexibility index (Phi) is 2.54. The molecule has 0 aliphatic carbocycles. The van der Waals surface area contributed by atoms with Gasteiger partial charge in [-0.15, -0.1) is 0 Å². The van der Waals surface area contributed by atoms with Crippen molar-refractivity contribution in [2.24, 2.45) is 0 Å². The third kappa shape index (κ3) is 1.67. The molecule has 0 spiro atoms. The van der Waals surface area contributed by atoms with Gasteiger partial charge < -0.3 is 5.73 Å². The molecule has 0 radical (unpaired) electrons. The lowest BCUT2D eigenvalue weighted by Crippen LogP contribution is -1.92. The number of hydrogen-bond donors (Lipinski definition) is 1. The van der Waals surface area contributed by atoms with Gasteiger partial charge in [0.2, 0.25) is 0 Å². The minimum atomic E-state index is -0.563. The van der Waals surface area contributed by atoms with Gasteiger partial charge in [-0.05, 0) is 22.0 Å². The first-order valence-corrected chi connectivity index (χ1v) is 4.08. The lowest BCUT2D eigenvalue weighted by molar-refractivity contribution is -0.384.